The topological polar surface area (TPSA) is 80.9 Å². The highest BCUT2D eigenvalue weighted by molar-refractivity contribution is 6.15. The van der Waals surface area contributed by atoms with Crippen LogP contribution in [0.3, 0.4) is 0 Å². The lowest BCUT2D eigenvalue weighted by molar-refractivity contribution is -0.172. The van der Waals surface area contributed by atoms with E-state index in [9.17, 15) is 14.7 Å². The van der Waals surface area contributed by atoms with E-state index in [2.05, 4.69) is 19.9 Å². The van der Waals surface area contributed by atoms with Crippen molar-refractivity contribution < 1.29 is 14.6 Å². The van der Waals surface area contributed by atoms with Crippen molar-refractivity contribution in [2.24, 2.45) is 16.8 Å². The minimum absolute atomic E-state index is 0.0907. The summed E-state index contributed by atoms with van der Waals surface area (Å²) in [7, 11) is 0. The van der Waals surface area contributed by atoms with Crippen LogP contribution >= 0.6 is 0 Å². The minimum atomic E-state index is -1.77. The standard InChI is InChI=1S/C21H22N2O4/c1-4-11-12-8-23-16(18(12)22-15-6-10(3)17(11)15)7-14-13(19(23)24)9-27-20(25)21(14,26)5-2/h6-7,10,17,26H,4-5,8-9H2,1-3H3/t10-,17?,21?/m1/s1. The first-order chi connectivity index (χ1) is 12.9. The fraction of sp³-hybridized carbons (Fsp3) is 0.476. The summed E-state index contributed by atoms with van der Waals surface area (Å²) in [6, 6.07) is 1.78. The molecule has 3 aliphatic heterocycles. The van der Waals surface area contributed by atoms with Crippen LogP contribution in [-0.4, -0.2) is 21.4 Å². The Morgan fingerprint density at radius 3 is 2.81 bits per heavy atom. The number of cyclic esters (lactones) is 1. The molecule has 0 saturated carbocycles. The number of aliphatic imine (C=N–C) groups is 1. The molecule has 0 fully saturated rings. The molecule has 6 heteroatoms. The normalized spacial score (nSPS) is 30.4. The quantitative estimate of drug-likeness (QED) is 0.814. The van der Waals surface area contributed by atoms with E-state index < -0.39 is 11.6 Å². The van der Waals surface area contributed by atoms with Crippen molar-refractivity contribution in [3.05, 3.63) is 56.2 Å². The predicted molar refractivity (Wildman–Crippen MR) is 99.3 cm³/mol. The number of allylic oxidation sites excluding steroid dienone is 3. The molecule has 5 rings (SSSR count). The summed E-state index contributed by atoms with van der Waals surface area (Å²) in [5, 5.41) is 10.9. The van der Waals surface area contributed by atoms with Gasteiger partial charge in [0.25, 0.3) is 5.56 Å². The summed E-state index contributed by atoms with van der Waals surface area (Å²) in [4.78, 5) is 30.2. The highest BCUT2D eigenvalue weighted by Gasteiger charge is 2.47. The maximum absolute atomic E-state index is 13.2. The highest BCUT2D eigenvalue weighted by atomic mass is 16.6. The first-order valence-electron chi connectivity index (χ1n) is 9.60. The number of nitrogens with zero attached hydrogens (tertiary/aromatic N) is 2. The van der Waals surface area contributed by atoms with Gasteiger partial charge in [0, 0.05) is 17.2 Å². The van der Waals surface area contributed by atoms with Crippen molar-refractivity contribution in [1.82, 2.24) is 4.57 Å². The second-order valence-corrected chi connectivity index (χ2v) is 7.85. The van der Waals surface area contributed by atoms with Crippen LogP contribution in [0.2, 0.25) is 0 Å². The number of rotatable bonds is 2. The van der Waals surface area contributed by atoms with E-state index in [-0.39, 0.29) is 18.6 Å². The zero-order valence-corrected chi connectivity index (χ0v) is 15.7. The number of esters is 1. The third-order valence-corrected chi connectivity index (χ3v) is 6.55. The van der Waals surface area contributed by atoms with Gasteiger partial charge in [0.1, 0.15) is 6.61 Å². The van der Waals surface area contributed by atoms with E-state index in [4.69, 9.17) is 9.73 Å². The van der Waals surface area contributed by atoms with Crippen molar-refractivity contribution in [2.45, 2.75) is 52.4 Å². The Balaban J connectivity index is 1.77. The van der Waals surface area contributed by atoms with Crippen molar-refractivity contribution >= 4 is 11.7 Å². The average Bonchev–Trinajstić information content (AvgIpc) is 3.02. The first kappa shape index (κ1) is 16.7. The average molecular weight is 366 g/mol. The van der Waals surface area contributed by atoms with Crippen molar-refractivity contribution in [1.29, 1.82) is 0 Å². The molecule has 1 N–H and O–H groups in total. The Morgan fingerprint density at radius 1 is 1.37 bits per heavy atom. The lowest BCUT2D eigenvalue weighted by atomic mass is 9.71. The van der Waals surface area contributed by atoms with Crippen LogP contribution in [-0.2, 0) is 28.3 Å². The van der Waals surface area contributed by atoms with Gasteiger partial charge in [-0.25, -0.2) is 4.79 Å². The summed E-state index contributed by atoms with van der Waals surface area (Å²) in [5.74, 6) is 0.134. The number of aliphatic hydroxyl groups is 1. The largest absolute Gasteiger partial charge is 0.458 e. The van der Waals surface area contributed by atoms with Gasteiger partial charge in [0.2, 0.25) is 0 Å². The molecule has 1 aromatic rings. The molecule has 27 heavy (non-hydrogen) atoms. The number of aromatic nitrogens is 1. The van der Waals surface area contributed by atoms with Gasteiger partial charge in [0.15, 0.2) is 5.60 Å². The van der Waals surface area contributed by atoms with Gasteiger partial charge in [0.05, 0.1) is 23.5 Å². The van der Waals surface area contributed by atoms with Crippen LogP contribution in [0, 0.1) is 11.8 Å². The lowest BCUT2D eigenvalue weighted by Gasteiger charge is -2.37. The number of hydrogen-bond acceptors (Lipinski definition) is 5. The van der Waals surface area contributed by atoms with Crippen LogP contribution in [0.4, 0.5) is 0 Å². The summed E-state index contributed by atoms with van der Waals surface area (Å²) in [6.45, 7) is 6.46. The number of carbonyl (C=O) groups excluding carboxylic acids is 1. The molecule has 4 aliphatic rings. The monoisotopic (exact) mass is 366 g/mol. The molecular formula is C21H22N2O4. The SMILES string of the molecule is CCC1=C2Cn3c(cc4c(c3=O)COC(=O)C4(O)CC)C2=NC2=C[C@@H](C)C21. The van der Waals surface area contributed by atoms with E-state index in [0.717, 1.165) is 23.4 Å². The fourth-order valence-corrected chi connectivity index (χ4v) is 4.99. The van der Waals surface area contributed by atoms with Crippen LogP contribution in [0.25, 0.3) is 0 Å². The molecule has 0 amide bonds. The molecule has 140 valence electrons. The van der Waals surface area contributed by atoms with E-state index in [1.165, 1.54) is 5.57 Å². The molecule has 4 heterocycles. The van der Waals surface area contributed by atoms with Crippen LogP contribution < -0.4 is 5.56 Å². The van der Waals surface area contributed by atoms with Gasteiger partial charge in [-0.15, -0.1) is 0 Å². The maximum atomic E-state index is 13.2. The Labute approximate surface area is 156 Å². The van der Waals surface area contributed by atoms with Crippen LogP contribution in [0.15, 0.2) is 38.8 Å². The number of carbonyl (C=O) groups is 1. The van der Waals surface area contributed by atoms with E-state index in [0.29, 0.717) is 35.2 Å². The molecule has 1 aliphatic carbocycles. The van der Waals surface area contributed by atoms with Crippen LogP contribution in [0.1, 0.15) is 50.4 Å². The number of hydrogen-bond donors (Lipinski definition) is 1. The summed E-state index contributed by atoms with van der Waals surface area (Å²) in [6.07, 6.45) is 3.24. The Hall–Kier alpha value is -2.47. The van der Waals surface area contributed by atoms with E-state index >= 15 is 0 Å². The number of dihydropyridines is 1. The van der Waals surface area contributed by atoms with Crippen molar-refractivity contribution in [3.8, 4) is 0 Å². The summed E-state index contributed by atoms with van der Waals surface area (Å²) < 4.78 is 6.83. The Morgan fingerprint density at radius 2 is 2.15 bits per heavy atom. The Bertz CT molecular complexity index is 1060. The Kier molecular flexibility index (Phi) is 3.27. The first-order valence-corrected chi connectivity index (χ1v) is 9.60. The molecule has 6 nitrogen and oxygen atoms in total. The van der Waals surface area contributed by atoms with Crippen molar-refractivity contribution in [2.75, 3.05) is 0 Å². The van der Waals surface area contributed by atoms with E-state index in [1.807, 2.05) is 0 Å². The molecule has 3 atom stereocenters. The zero-order chi connectivity index (χ0) is 19.1. The number of ether oxygens (including phenoxy) is 1. The molecule has 0 aromatic carbocycles. The zero-order valence-electron chi connectivity index (χ0n) is 15.7. The van der Waals surface area contributed by atoms with Gasteiger partial charge >= 0.3 is 5.97 Å². The van der Waals surface area contributed by atoms with Gasteiger partial charge < -0.3 is 14.4 Å². The molecule has 2 unspecified atom stereocenters. The van der Waals surface area contributed by atoms with Gasteiger partial charge in [-0.05, 0) is 30.4 Å². The fourth-order valence-electron chi connectivity index (χ4n) is 4.99. The van der Waals surface area contributed by atoms with E-state index in [1.54, 1.807) is 17.6 Å². The van der Waals surface area contributed by atoms with Gasteiger partial charge in [-0.3, -0.25) is 9.79 Å². The lowest BCUT2D eigenvalue weighted by Crippen LogP contribution is -2.44. The highest BCUT2D eigenvalue weighted by Crippen LogP contribution is 2.47. The van der Waals surface area contributed by atoms with Gasteiger partial charge in [-0.1, -0.05) is 32.4 Å². The van der Waals surface area contributed by atoms with Crippen molar-refractivity contribution in [3.63, 3.8) is 0 Å². The number of fused-ring (bicyclic) bond motifs is 5. The maximum Gasteiger partial charge on any atom is 0.343 e. The molecule has 0 spiro atoms. The third kappa shape index (κ3) is 1.91. The van der Waals surface area contributed by atoms with Gasteiger partial charge in [-0.2, -0.15) is 0 Å². The summed E-state index contributed by atoms with van der Waals surface area (Å²) in [5.41, 5.74) is 3.83. The second-order valence-electron chi connectivity index (χ2n) is 7.85. The minimum Gasteiger partial charge on any atom is -0.458 e. The molecule has 0 radical (unpaired) electrons. The molecule has 0 saturated heterocycles. The van der Waals surface area contributed by atoms with Crippen LogP contribution in [0.5, 0.6) is 0 Å². The summed E-state index contributed by atoms with van der Waals surface area (Å²) >= 11 is 0. The number of pyridine rings is 1. The third-order valence-electron chi connectivity index (χ3n) is 6.55. The second kappa shape index (κ2) is 5.29. The predicted octanol–water partition coefficient (Wildman–Crippen LogP) is 2.18. The molecular weight excluding hydrogens is 344 g/mol. The smallest absolute Gasteiger partial charge is 0.343 e. The molecule has 1 aromatic heterocycles. The molecule has 0 bridgehead atoms.